The van der Waals surface area contributed by atoms with Crippen LogP contribution in [0.2, 0.25) is 0 Å². The van der Waals surface area contributed by atoms with Gasteiger partial charge >= 0.3 is 0 Å². The molecule has 2 aromatic rings. The van der Waals surface area contributed by atoms with Gasteiger partial charge in [-0.3, -0.25) is 4.57 Å². The molecule has 21 heavy (non-hydrogen) atoms. The lowest BCUT2D eigenvalue weighted by Gasteiger charge is -2.37. The Labute approximate surface area is 123 Å². The minimum atomic E-state index is -0.950. The van der Waals surface area contributed by atoms with Crippen molar-refractivity contribution in [2.45, 2.75) is 38.8 Å². The van der Waals surface area contributed by atoms with Crippen LogP contribution in [-0.4, -0.2) is 47.8 Å². The van der Waals surface area contributed by atoms with Gasteiger partial charge in [0.2, 0.25) is 17.8 Å². The Morgan fingerprint density at radius 2 is 1.76 bits per heavy atom. The van der Waals surface area contributed by atoms with Crippen LogP contribution in [0.4, 0.5) is 11.9 Å². The van der Waals surface area contributed by atoms with Crippen molar-refractivity contribution in [1.82, 2.24) is 24.5 Å². The number of imidazole rings is 1. The number of aliphatic hydroxyl groups is 1. The van der Waals surface area contributed by atoms with E-state index in [1.54, 1.807) is 44.2 Å². The maximum absolute atomic E-state index is 10.2. The van der Waals surface area contributed by atoms with Crippen molar-refractivity contribution in [3.8, 4) is 5.95 Å². The van der Waals surface area contributed by atoms with Crippen molar-refractivity contribution in [2.75, 3.05) is 17.7 Å². The minimum Gasteiger partial charge on any atom is -0.388 e. The van der Waals surface area contributed by atoms with Crippen LogP contribution in [0.3, 0.4) is 0 Å². The van der Waals surface area contributed by atoms with E-state index in [2.05, 4.69) is 30.6 Å². The van der Waals surface area contributed by atoms with E-state index >= 15 is 0 Å². The van der Waals surface area contributed by atoms with Crippen molar-refractivity contribution >= 4 is 11.9 Å². The van der Waals surface area contributed by atoms with Crippen molar-refractivity contribution in [1.29, 1.82) is 0 Å². The van der Waals surface area contributed by atoms with Crippen LogP contribution < -0.4 is 10.6 Å². The first-order chi connectivity index (χ1) is 9.73. The molecule has 0 saturated heterocycles. The molecule has 2 heterocycles. The lowest BCUT2D eigenvalue weighted by Crippen LogP contribution is -2.51. The largest absolute Gasteiger partial charge is 0.388 e. The molecule has 0 aliphatic carbocycles. The zero-order valence-corrected chi connectivity index (χ0v) is 12.9. The van der Waals surface area contributed by atoms with Gasteiger partial charge in [0.05, 0.1) is 11.1 Å². The zero-order valence-electron chi connectivity index (χ0n) is 12.9. The second-order valence-corrected chi connectivity index (χ2v) is 5.81. The molecule has 0 spiro atoms. The third-order valence-electron chi connectivity index (χ3n) is 3.54. The third kappa shape index (κ3) is 3.27. The molecule has 3 N–H and O–H groups in total. The van der Waals surface area contributed by atoms with E-state index in [0.29, 0.717) is 17.8 Å². The number of nitrogens with zero attached hydrogens (tertiary/aromatic N) is 5. The molecule has 2 rings (SSSR count). The molecule has 2 aromatic heterocycles. The first-order valence-corrected chi connectivity index (χ1v) is 6.65. The summed E-state index contributed by atoms with van der Waals surface area (Å²) in [6.07, 6.45) is 5.01. The number of nitrogens with one attached hydrogen (secondary N) is 2. The fourth-order valence-electron chi connectivity index (χ4n) is 1.46. The normalized spacial score (nSPS) is 12.3. The van der Waals surface area contributed by atoms with Crippen LogP contribution >= 0.6 is 0 Å². The van der Waals surface area contributed by atoms with Crippen molar-refractivity contribution in [3.63, 3.8) is 0 Å². The first-order valence-electron chi connectivity index (χ1n) is 6.65. The summed E-state index contributed by atoms with van der Waals surface area (Å²) >= 11 is 0. The summed E-state index contributed by atoms with van der Waals surface area (Å²) in [5.41, 5.74) is -1.57. The van der Waals surface area contributed by atoms with E-state index in [0.717, 1.165) is 0 Å². The molecule has 8 heteroatoms. The molecule has 0 radical (unpaired) electrons. The quantitative estimate of drug-likeness (QED) is 0.757. The summed E-state index contributed by atoms with van der Waals surface area (Å²) in [5.74, 6) is 1.26. The molecule has 8 nitrogen and oxygen atoms in total. The van der Waals surface area contributed by atoms with Crippen molar-refractivity contribution in [3.05, 3.63) is 18.7 Å². The lowest BCUT2D eigenvalue weighted by molar-refractivity contribution is 0.0237. The van der Waals surface area contributed by atoms with Crippen LogP contribution in [0.15, 0.2) is 18.7 Å². The standard InChI is InChI=1S/C13H21N7O/c1-12(2,13(3,4)21)19-10-16-9(14-5)17-11(18-10)20-7-6-15-8-20/h6-8,21H,1-5H3,(H2,14,16,17,18,19). The average Bonchev–Trinajstić information content (AvgIpc) is 2.90. The van der Waals surface area contributed by atoms with E-state index in [4.69, 9.17) is 0 Å². The van der Waals surface area contributed by atoms with Gasteiger partial charge in [-0.15, -0.1) is 0 Å². The molecular formula is C13H21N7O. The summed E-state index contributed by atoms with van der Waals surface area (Å²) in [5, 5.41) is 16.3. The van der Waals surface area contributed by atoms with Crippen LogP contribution in [-0.2, 0) is 0 Å². The smallest absolute Gasteiger partial charge is 0.241 e. The number of aromatic nitrogens is 5. The van der Waals surface area contributed by atoms with Gasteiger partial charge < -0.3 is 15.7 Å². The van der Waals surface area contributed by atoms with Crippen LogP contribution in [0.25, 0.3) is 5.95 Å². The highest BCUT2D eigenvalue weighted by Gasteiger charge is 2.35. The number of anilines is 2. The Morgan fingerprint density at radius 1 is 1.10 bits per heavy atom. The monoisotopic (exact) mass is 291 g/mol. The van der Waals surface area contributed by atoms with Crippen molar-refractivity contribution in [2.24, 2.45) is 0 Å². The molecule has 0 fully saturated rings. The summed E-state index contributed by atoms with van der Waals surface area (Å²) in [6, 6.07) is 0. The highest BCUT2D eigenvalue weighted by molar-refractivity contribution is 5.40. The van der Waals surface area contributed by atoms with Crippen LogP contribution in [0.5, 0.6) is 0 Å². The van der Waals surface area contributed by atoms with E-state index in [1.807, 2.05) is 13.8 Å². The second-order valence-electron chi connectivity index (χ2n) is 5.81. The molecular weight excluding hydrogens is 270 g/mol. The fourth-order valence-corrected chi connectivity index (χ4v) is 1.46. The Hall–Kier alpha value is -2.22. The van der Waals surface area contributed by atoms with Gasteiger partial charge in [-0.05, 0) is 27.7 Å². The summed E-state index contributed by atoms with van der Waals surface area (Å²) in [4.78, 5) is 16.9. The number of hydrogen-bond acceptors (Lipinski definition) is 7. The van der Waals surface area contributed by atoms with Gasteiger partial charge in [0.25, 0.3) is 0 Å². The molecule has 0 saturated carbocycles. The predicted molar refractivity (Wildman–Crippen MR) is 80.5 cm³/mol. The van der Waals surface area contributed by atoms with E-state index in [9.17, 15) is 5.11 Å². The second kappa shape index (κ2) is 5.28. The van der Waals surface area contributed by atoms with Gasteiger partial charge in [0, 0.05) is 19.4 Å². The van der Waals surface area contributed by atoms with E-state index < -0.39 is 11.1 Å². The van der Waals surface area contributed by atoms with Gasteiger partial charge in [0.1, 0.15) is 6.33 Å². The minimum absolute atomic E-state index is 0.380. The first kappa shape index (κ1) is 15.2. The van der Waals surface area contributed by atoms with Crippen LogP contribution in [0.1, 0.15) is 27.7 Å². The van der Waals surface area contributed by atoms with Crippen LogP contribution in [0, 0.1) is 0 Å². The van der Waals surface area contributed by atoms with Gasteiger partial charge in [-0.1, -0.05) is 0 Å². The zero-order chi connectivity index (χ0) is 15.7. The molecule has 0 aliphatic rings. The molecule has 0 atom stereocenters. The number of hydrogen-bond donors (Lipinski definition) is 3. The fraction of sp³-hybridized carbons (Fsp3) is 0.538. The maximum atomic E-state index is 10.2. The Kier molecular flexibility index (Phi) is 3.82. The molecule has 0 aliphatic heterocycles. The Morgan fingerprint density at radius 3 is 2.29 bits per heavy atom. The average molecular weight is 291 g/mol. The molecule has 0 aromatic carbocycles. The summed E-state index contributed by atoms with van der Waals surface area (Å²) in [6.45, 7) is 7.23. The molecule has 0 bridgehead atoms. The maximum Gasteiger partial charge on any atom is 0.241 e. The Balaban J connectivity index is 2.38. The third-order valence-corrected chi connectivity index (χ3v) is 3.54. The topological polar surface area (TPSA) is 101 Å². The predicted octanol–water partition coefficient (Wildman–Crippen LogP) is 1.06. The highest BCUT2D eigenvalue weighted by atomic mass is 16.3. The van der Waals surface area contributed by atoms with E-state index in [1.165, 1.54) is 0 Å². The number of rotatable bonds is 5. The SMILES string of the molecule is CNc1nc(NC(C)(C)C(C)(C)O)nc(-n2ccnc2)n1. The molecule has 0 unspecified atom stereocenters. The molecule has 114 valence electrons. The van der Waals surface area contributed by atoms with Gasteiger partial charge in [0.15, 0.2) is 0 Å². The van der Waals surface area contributed by atoms with E-state index in [-0.39, 0.29) is 0 Å². The van der Waals surface area contributed by atoms with Crippen molar-refractivity contribution < 1.29 is 5.11 Å². The highest BCUT2D eigenvalue weighted by Crippen LogP contribution is 2.24. The summed E-state index contributed by atoms with van der Waals surface area (Å²) in [7, 11) is 1.73. The molecule has 0 amide bonds. The Bertz CT molecular complexity index is 601. The lowest BCUT2D eigenvalue weighted by atomic mass is 9.86. The van der Waals surface area contributed by atoms with Gasteiger partial charge in [-0.2, -0.15) is 15.0 Å². The summed E-state index contributed by atoms with van der Waals surface area (Å²) < 4.78 is 1.69. The van der Waals surface area contributed by atoms with Gasteiger partial charge in [-0.25, -0.2) is 4.98 Å².